The smallest absolute Gasteiger partial charge is 0.318 e. The Morgan fingerprint density at radius 3 is 2.62 bits per heavy atom. The largest absolute Gasteiger partial charge is 0.480 e. The Balaban J connectivity index is 3.09. The van der Waals surface area contributed by atoms with Gasteiger partial charge in [-0.3, -0.25) is 9.48 Å². The normalized spacial score (nSPS) is 11.9. The van der Waals surface area contributed by atoms with Crippen molar-refractivity contribution in [2.24, 2.45) is 7.05 Å². The molecule has 0 bridgehead atoms. The number of carboxylic acids is 1. The van der Waals surface area contributed by atoms with Gasteiger partial charge in [-0.1, -0.05) is 6.92 Å². The third-order valence-corrected chi connectivity index (χ3v) is 4.04. The Hall–Kier alpha value is -1.41. The van der Waals surface area contributed by atoms with Crippen LogP contribution in [0.4, 0.5) is 0 Å². The fourth-order valence-corrected chi connectivity index (χ4v) is 2.76. The molecule has 7 nitrogen and oxygen atoms in total. The van der Waals surface area contributed by atoms with E-state index in [4.69, 9.17) is 5.11 Å². The predicted octanol–water partition coefficient (Wildman–Crippen LogP) is -0.485. The lowest BCUT2D eigenvalue weighted by Gasteiger charge is -2.17. The second-order valence-corrected chi connectivity index (χ2v) is 5.00. The number of carbonyl (C=O) groups is 1. The quantitative estimate of drug-likeness (QED) is 0.758. The van der Waals surface area contributed by atoms with E-state index in [-0.39, 0.29) is 11.6 Å². The van der Waals surface area contributed by atoms with Gasteiger partial charge in [-0.2, -0.15) is 9.40 Å². The van der Waals surface area contributed by atoms with Crippen molar-refractivity contribution in [2.75, 3.05) is 13.1 Å². The van der Waals surface area contributed by atoms with Gasteiger partial charge in [-0.15, -0.1) is 0 Å². The van der Waals surface area contributed by atoms with E-state index >= 15 is 0 Å². The monoisotopic (exact) mass is 247 g/mol. The fraction of sp³-hybridized carbons (Fsp3) is 0.500. The van der Waals surface area contributed by atoms with Crippen LogP contribution in [0.1, 0.15) is 6.92 Å². The van der Waals surface area contributed by atoms with Crippen LogP contribution in [0, 0.1) is 0 Å². The molecule has 1 aromatic rings. The molecule has 90 valence electrons. The summed E-state index contributed by atoms with van der Waals surface area (Å²) in [5.41, 5.74) is 0. The van der Waals surface area contributed by atoms with Gasteiger partial charge in [0.2, 0.25) is 0 Å². The molecule has 0 aromatic carbocycles. The number of hydrogen-bond donors (Lipinski definition) is 1. The second-order valence-electron chi connectivity index (χ2n) is 3.12. The Morgan fingerprint density at radius 1 is 1.62 bits per heavy atom. The molecule has 1 rings (SSSR count). The molecule has 1 aromatic heterocycles. The average Bonchev–Trinajstić information content (AvgIpc) is 2.60. The number of nitrogens with zero attached hydrogens (tertiary/aromatic N) is 3. The summed E-state index contributed by atoms with van der Waals surface area (Å²) in [5.74, 6) is -1.19. The number of carboxylic acid groups (broad SMARTS) is 1. The van der Waals surface area contributed by atoms with Crippen LogP contribution in [0.25, 0.3) is 0 Å². The lowest BCUT2D eigenvalue weighted by molar-refractivity contribution is -0.137. The minimum absolute atomic E-state index is 0.0180. The molecule has 0 radical (unpaired) electrons. The van der Waals surface area contributed by atoms with Crippen LogP contribution >= 0.6 is 0 Å². The van der Waals surface area contributed by atoms with E-state index in [9.17, 15) is 13.2 Å². The van der Waals surface area contributed by atoms with Crippen molar-refractivity contribution >= 4 is 16.0 Å². The lowest BCUT2D eigenvalue weighted by Crippen LogP contribution is -2.36. The summed E-state index contributed by atoms with van der Waals surface area (Å²) in [6.45, 7) is 1.13. The van der Waals surface area contributed by atoms with Gasteiger partial charge in [0.05, 0.1) is 6.20 Å². The maximum Gasteiger partial charge on any atom is 0.318 e. The van der Waals surface area contributed by atoms with E-state index in [1.807, 2.05) is 0 Å². The molecule has 0 fully saturated rings. The molecule has 16 heavy (non-hydrogen) atoms. The van der Waals surface area contributed by atoms with Crippen molar-refractivity contribution in [1.82, 2.24) is 14.1 Å². The minimum atomic E-state index is -3.78. The first-order valence-electron chi connectivity index (χ1n) is 4.59. The Labute approximate surface area is 93.3 Å². The molecule has 0 aliphatic heterocycles. The van der Waals surface area contributed by atoms with Crippen LogP contribution < -0.4 is 0 Å². The van der Waals surface area contributed by atoms with Gasteiger partial charge in [0.15, 0.2) is 5.03 Å². The van der Waals surface area contributed by atoms with Gasteiger partial charge in [-0.05, 0) is 6.07 Å². The number of sulfonamides is 1. The maximum atomic E-state index is 12.0. The zero-order chi connectivity index (χ0) is 12.3. The van der Waals surface area contributed by atoms with Gasteiger partial charge >= 0.3 is 5.97 Å². The molecule has 0 atom stereocenters. The van der Waals surface area contributed by atoms with E-state index in [2.05, 4.69) is 5.10 Å². The summed E-state index contributed by atoms with van der Waals surface area (Å²) in [4.78, 5) is 10.5. The summed E-state index contributed by atoms with van der Waals surface area (Å²) >= 11 is 0. The molecule has 0 aliphatic rings. The van der Waals surface area contributed by atoms with Crippen molar-refractivity contribution in [3.8, 4) is 0 Å². The van der Waals surface area contributed by atoms with E-state index in [0.717, 1.165) is 4.31 Å². The Morgan fingerprint density at radius 2 is 2.25 bits per heavy atom. The van der Waals surface area contributed by atoms with Gasteiger partial charge < -0.3 is 5.11 Å². The summed E-state index contributed by atoms with van der Waals surface area (Å²) in [6.07, 6.45) is 1.35. The highest BCUT2D eigenvalue weighted by Crippen LogP contribution is 2.13. The van der Waals surface area contributed by atoms with Crippen LogP contribution in [0.3, 0.4) is 0 Å². The van der Waals surface area contributed by atoms with Crippen molar-refractivity contribution < 1.29 is 18.3 Å². The average molecular weight is 247 g/mol. The van der Waals surface area contributed by atoms with Gasteiger partial charge in [0.25, 0.3) is 10.0 Å². The highest BCUT2D eigenvalue weighted by Gasteiger charge is 2.27. The molecule has 0 spiro atoms. The number of aliphatic carboxylic acids is 1. The summed E-state index contributed by atoms with van der Waals surface area (Å²) in [5, 5.41) is 12.3. The van der Waals surface area contributed by atoms with E-state index in [1.54, 1.807) is 6.92 Å². The summed E-state index contributed by atoms with van der Waals surface area (Å²) in [6, 6.07) is 1.33. The van der Waals surface area contributed by atoms with Gasteiger partial charge in [0.1, 0.15) is 6.54 Å². The molecular weight excluding hydrogens is 234 g/mol. The Bertz CT molecular complexity index is 479. The molecular formula is C8H13N3O4S. The molecule has 0 saturated heterocycles. The molecule has 1 heterocycles. The molecule has 0 amide bonds. The molecule has 1 N–H and O–H groups in total. The third-order valence-electron chi connectivity index (χ3n) is 2.04. The summed E-state index contributed by atoms with van der Waals surface area (Å²) in [7, 11) is -2.29. The highest BCUT2D eigenvalue weighted by atomic mass is 32.2. The third kappa shape index (κ3) is 2.39. The standard InChI is InChI=1S/C8H13N3O4S/c1-3-11(6-8(12)13)16(14,15)7-4-5-9-10(7)2/h4-5H,3,6H2,1-2H3,(H,12,13). The first-order valence-corrected chi connectivity index (χ1v) is 6.03. The van der Waals surface area contributed by atoms with Crippen LogP contribution in [0.2, 0.25) is 0 Å². The van der Waals surface area contributed by atoms with Crippen LogP contribution in [-0.2, 0) is 21.9 Å². The minimum Gasteiger partial charge on any atom is -0.480 e. The first kappa shape index (κ1) is 12.7. The zero-order valence-electron chi connectivity index (χ0n) is 8.99. The predicted molar refractivity (Wildman–Crippen MR) is 55.3 cm³/mol. The van der Waals surface area contributed by atoms with Crippen LogP contribution in [-0.4, -0.2) is 46.7 Å². The van der Waals surface area contributed by atoms with Crippen molar-refractivity contribution in [1.29, 1.82) is 0 Å². The van der Waals surface area contributed by atoms with E-state index in [1.165, 1.54) is 24.0 Å². The van der Waals surface area contributed by atoms with Crippen molar-refractivity contribution in [3.05, 3.63) is 12.3 Å². The number of hydrogen-bond acceptors (Lipinski definition) is 4. The van der Waals surface area contributed by atoms with Crippen LogP contribution in [0.5, 0.6) is 0 Å². The molecule has 8 heteroatoms. The van der Waals surface area contributed by atoms with E-state index in [0.29, 0.717) is 0 Å². The second kappa shape index (κ2) is 4.62. The van der Waals surface area contributed by atoms with Crippen molar-refractivity contribution in [3.63, 3.8) is 0 Å². The topological polar surface area (TPSA) is 92.5 Å². The number of aromatic nitrogens is 2. The maximum absolute atomic E-state index is 12.0. The fourth-order valence-electron chi connectivity index (χ4n) is 1.26. The van der Waals surface area contributed by atoms with Crippen molar-refractivity contribution in [2.45, 2.75) is 11.9 Å². The zero-order valence-corrected chi connectivity index (χ0v) is 9.81. The van der Waals surface area contributed by atoms with Crippen LogP contribution in [0.15, 0.2) is 17.3 Å². The first-order chi connectivity index (χ1) is 7.39. The number of rotatable bonds is 5. The van der Waals surface area contributed by atoms with Gasteiger partial charge in [0, 0.05) is 13.6 Å². The SMILES string of the molecule is CCN(CC(=O)O)S(=O)(=O)c1ccnn1C. The number of aryl methyl sites for hydroxylation is 1. The molecule has 0 saturated carbocycles. The summed E-state index contributed by atoms with van der Waals surface area (Å²) < 4.78 is 26.0. The van der Waals surface area contributed by atoms with E-state index < -0.39 is 22.5 Å². The molecule has 0 aliphatic carbocycles. The van der Waals surface area contributed by atoms with Gasteiger partial charge in [-0.25, -0.2) is 8.42 Å². The molecule has 0 unspecified atom stereocenters. The lowest BCUT2D eigenvalue weighted by atomic mass is 10.6. The number of likely N-dealkylation sites (N-methyl/N-ethyl adjacent to an activating group) is 1. The Kier molecular flexibility index (Phi) is 3.66. The highest BCUT2D eigenvalue weighted by molar-refractivity contribution is 7.89.